The van der Waals surface area contributed by atoms with Gasteiger partial charge >= 0.3 is 5.97 Å². The van der Waals surface area contributed by atoms with E-state index >= 15 is 0 Å². The third-order valence-electron chi connectivity index (χ3n) is 4.05. The molecule has 4 heteroatoms. The van der Waals surface area contributed by atoms with Crippen LogP contribution in [-0.4, -0.2) is 31.1 Å². The highest BCUT2D eigenvalue weighted by atomic mass is 19.1. The number of halogens is 1. The zero-order valence-electron chi connectivity index (χ0n) is 12.4. The largest absolute Gasteiger partial charge is 0.465 e. The quantitative estimate of drug-likeness (QED) is 0.796. The molecular weight excluding hydrogens is 257 g/mol. The van der Waals surface area contributed by atoms with Gasteiger partial charge in [-0.3, -0.25) is 4.90 Å². The lowest BCUT2D eigenvalue weighted by Gasteiger charge is -2.36. The van der Waals surface area contributed by atoms with E-state index in [1.165, 1.54) is 19.2 Å². The van der Waals surface area contributed by atoms with E-state index in [1.807, 2.05) is 0 Å². The van der Waals surface area contributed by atoms with Crippen LogP contribution in [0.15, 0.2) is 18.2 Å². The molecule has 1 aromatic carbocycles. The number of likely N-dealkylation sites (tertiary alicyclic amines) is 1. The van der Waals surface area contributed by atoms with Crippen molar-refractivity contribution in [2.45, 2.75) is 33.2 Å². The number of carbonyl (C=O) groups is 1. The first kappa shape index (κ1) is 15.0. The molecule has 0 amide bonds. The van der Waals surface area contributed by atoms with Crippen molar-refractivity contribution in [1.29, 1.82) is 0 Å². The van der Waals surface area contributed by atoms with Crippen molar-refractivity contribution in [1.82, 2.24) is 4.90 Å². The van der Waals surface area contributed by atoms with E-state index in [2.05, 4.69) is 23.5 Å². The molecule has 3 nitrogen and oxygen atoms in total. The fourth-order valence-corrected chi connectivity index (χ4v) is 2.51. The van der Waals surface area contributed by atoms with E-state index in [1.54, 1.807) is 6.07 Å². The Balaban J connectivity index is 2.01. The van der Waals surface area contributed by atoms with Gasteiger partial charge in [0.15, 0.2) is 0 Å². The SMILES string of the molecule is COC(=O)c1ccc(CN2CCC(C)(C)CC2)cc1F. The minimum absolute atomic E-state index is 0.00368. The summed E-state index contributed by atoms with van der Waals surface area (Å²) in [6, 6.07) is 4.74. The molecule has 0 N–H and O–H groups in total. The molecule has 0 spiro atoms. The van der Waals surface area contributed by atoms with Gasteiger partial charge < -0.3 is 4.74 Å². The van der Waals surface area contributed by atoms with Crippen LogP contribution in [0.4, 0.5) is 4.39 Å². The molecule has 2 rings (SSSR count). The first-order valence-electron chi connectivity index (χ1n) is 7.00. The number of ether oxygens (including phenoxy) is 1. The van der Waals surface area contributed by atoms with Crippen LogP contribution < -0.4 is 0 Å². The van der Waals surface area contributed by atoms with Crippen molar-refractivity contribution < 1.29 is 13.9 Å². The highest BCUT2D eigenvalue weighted by Gasteiger charge is 2.25. The topological polar surface area (TPSA) is 29.5 Å². The van der Waals surface area contributed by atoms with Crippen LogP contribution in [0.25, 0.3) is 0 Å². The van der Waals surface area contributed by atoms with Gasteiger partial charge in [-0.15, -0.1) is 0 Å². The zero-order valence-corrected chi connectivity index (χ0v) is 12.4. The fourth-order valence-electron chi connectivity index (χ4n) is 2.51. The maximum atomic E-state index is 13.8. The highest BCUT2D eigenvalue weighted by molar-refractivity contribution is 5.89. The average Bonchev–Trinajstić information content (AvgIpc) is 2.40. The Kier molecular flexibility index (Phi) is 4.43. The van der Waals surface area contributed by atoms with Gasteiger partial charge in [0.2, 0.25) is 0 Å². The maximum Gasteiger partial charge on any atom is 0.340 e. The molecule has 110 valence electrons. The minimum atomic E-state index is -0.631. The molecule has 1 aromatic rings. The van der Waals surface area contributed by atoms with Crippen LogP contribution in [0.5, 0.6) is 0 Å². The third kappa shape index (κ3) is 3.57. The molecular formula is C16H22FNO2. The first-order chi connectivity index (χ1) is 9.41. The van der Waals surface area contributed by atoms with Gasteiger partial charge in [-0.05, 0) is 49.0 Å². The van der Waals surface area contributed by atoms with Crippen molar-refractivity contribution in [3.63, 3.8) is 0 Å². The molecule has 1 heterocycles. The number of methoxy groups -OCH3 is 1. The molecule has 0 radical (unpaired) electrons. The number of hydrogen-bond acceptors (Lipinski definition) is 3. The summed E-state index contributed by atoms with van der Waals surface area (Å²) < 4.78 is 18.4. The normalized spacial score (nSPS) is 18.8. The summed E-state index contributed by atoms with van der Waals surface area (Å²) in [6.45, 7) is 7.37. The van der Waals surface area contributed by atoms with Gasteiger partial charge in [0.1, 0.15) is 5.82 Å². The molecule has 0 unspecified atom stereocenters. The van der Waals surface area contributed by atoms with Gasteiger partial charge in [-0.25, -0.2) is 9.18 Å². The van der Waals surface area contributed by atoms with E-state index in [-0.39, 0.29) is 5.56 Å². The van der Waals surface area contributed by atoms with E-state index in [0.717, 1.165) is 38.0 Å². The molecule has 1 aliphatic heterocycles. The molecule has 0 aromatic heterocycles. The Bertz CT molecular complexity index is 489. The second kappa shape index (κ2) is 5.92. The summed E-state index contributed by atoms with van der Waals surface area (Å²) in [5.74, 6) is -1.14. The van der Waals surface area contributed by atoms with Crippen LogP contribution in [0.3, 0.4) is 0 Å². The lowest BCUT2D eigenvalue weighted by molar-refractivity contribution is 0.0595. The van der Waals surface area contributed by atoms with Crippen molar-refractivity contribution in [2.24, 2.45) is 5.41 Å². The third-order valence-corrected chi connectivity index (χ3v) is 4.05. The van der Waals surface area contributed by atoms with E-state index in [0.29, 0.717) is 5.41 Å². The second-order valence-corrected chi connectivity index (χ2v) is 6.25. The lowest BCUT2D eigenvalue weighted by atomic mass is 9.82. The summed E-state index contributed by atoms with van der Waals surface area (Å²) in [5, 5.41) is 0. The second-order valence-electron chi connectivity index (χ2n) is 6.25. The van der Waals surface area contributed by atoms with E-state index in [9.17, 15) is 9.18 Å². The molecule has 1 fully saturated rings. The standard InChI is InChI=1S/C16H22FNO2/c1-16(2)6-8-18(9-7-16)11-12-4-5-13(14(17)10-12)15(19)20-3/h4-5,10H,6-9,11H2,1-3H3. The van der Waals surface area contributed by atoms with E-state index in [4.69, 9.17) is 0 Å². The summed E-state index contributed by atoms with van der Waals surface area (Å²) >= 11 is 0. The number of piperidine rings is 1. The molecule has 0 bridgehead atoms. The molecule has 1 saturated heterocycles. The minimum Gasteiger partial charge on any atom is -0.465 e. The Hall–Kier alpha value is -1.42. The number of esters is 1. The predicted octanol–water partition coefficient (Wildman–Crippen LogP) is 3.23. The molecule has 20 heavy (non-hydrogen) atoms. The van der Waals surface area contributed by atoms with Crippen molar-refractivity contribution >= 4 is 5.97 Å². The van der Waals surface area contributed by atoms with Gasteiger partial charge in [0.25, 0.3) is 0 Å². The fraction of sp³-hybridized carbons (Fsp3) is 0.562. The van der Waals surface area contributed by atoms with Crippen molar-refractivity contribution in [3.8, 4) is 0 Å². The number of carbonyl (C=O) groups excluding carboxylic acids is 1. The van der Waals surface area contributed by atoms with Gasteiger partial charge in [-0.2, -0.15) is 0 Å². The predicted molar refractivity (Wildman–Crippen MR) is 76.0 cm³/mol. The number of benzene rings is 1. The highest BCUT2D eigenvalue weighted by Crippen LogP contribution is 2.30. The average molecular weight is 279 g/mol. The first-order valence-corrected chi connectivity index (χ1v) is 7.00. The zero-order chi connectivity index (χ0) is 14.8. The lowest BCUT2D eigenvalue weighted by Crippen LogP contribution is -2.36. The summed E-state index contributed by atoms with van der Waals surface area (Å²) in [6.07, 6.45) is 2.32. The van der Waals surface area contributed by atoms with Crippen LogP contribution >= 0.6 is 0 Å². The Morgan fingerprint density at radius 3 is 2.55 bits per heavy atom. The van der Waals surface area contributed by atoms with Gasteiger partial charge in [0.05, 0.1) is 12.7 Å². The smallest absolute Gasteiger partial charge is 0.340 e. The van der Waals surface area contributed by atoms with Crippen LogP contribution in [0.1, 0.15) is 42.6 Å². The monoisotopic (exact) mass is 279 g/mol. The summed E-state index contributed by atoms with van der Waals surface area (Å²) in [5.41, 5.74) is 1.31. The Morgan fingerprint density at radius 2 is 2.00 bits per heavy atom. The number of hydrogen-bond donors (Lipinski definition) is 0. The summed E-state index contributed by atoms with van der Waals surface area (Å²) in [7, 11) is 1.26. The molecule has 0 aliphatic carbocycles. The van der Waals surface area contributed by atoms with Gasteiger partial charge in [0, 0.05) is 6.54 Å². The van der Waals surface area contributed by atoms with Gasteiger partial charge in [-0.1, -0.05) is 19.9 Å². The van der Waals surface area contributed by atoms with Crippen molar-refractivity contribution in [2.75, 3.05) is 20.2 Å². The van der Waals surface area contributed by atoms with E-state index < -0.39 is 11.8 Å². The Morgan fingerprint density at radius 1 is 1.35 bits per heavy atom. The van der Waals surface area contributed by atoms with Crippen LogP contribution in [0, 0.1) is 11.2 Å². The molecule has 0 saturated carbocycles. The summed E-state index contributed by atoms with van der Waals surface area (Å²) in [4.78, 5) is 13.7. The number of rotatable bonds is 3. The molecule has 0 atom stereocenters. The Labute approximate surface area is 119 Å². The van der Waals surface area contributed by atoms with Crippen LogP contribution in [-0.2, 0) is 11.3 Å². The molecule has 1 aliphatic rings. The van der Waals surface area contributed by atoms with Crippen LogP contribution in [0.2, 0.25) is 0 Å². The maximum absolute atomic E-state index is 13.8. The van der Waals surface area contributed by atoms with Crippen molar-refractivity contribution in [3.05, 3.63) is 35.1 Å². The number of nitrogens with zero attached hydrogens (tertiary/aromatic N) is 1.